The standard InChI is InChI=1S/C24H27F3N4O/c1-15(2)23-28-11-17(12-29-23)13-30-8-4-5-18(30)14-31-20-7-6-16(3)9-19(20)21(32)10-22(31)24(25,26)27/h6-7,9-12,15,18H,4-5,8,13-14H2,1-3H3/t18-/m1/s1. The monoisotopic (exact) mass is 444 g/mol. The third-order valence-electron chi connectivity index (χ3n) is 6.08. The van der Waals surface area contributed by atoms with Gasteiger partial charge in [-0.15, -0.1) is 0 Å². The Bertz CT molecular complexity index is 1170. The summed E-state index contributed by atoms with van der Waals surface area (Å²) in [5.74, 6) is 1.01. The molecule has 1 atom stereocenters. The molecule has 32 heavy (non-hydrogen) atoms. The molecule has 3 heterocycles. The summed E-state index contributed by atoms with van der Waals surface area (Å²) >= 11 is 0. The van der Waals surface area contributed by atoms with E-state index in [1.807, 2.05) is 20.8 Å². The molecule has 0 bridgehead atoms. The van der Waals surface area contributed by atoms with Crippen molar-refractivity contribution >= 4 is 10.9 Å². The summed E-state index contributed by atoms with van der Waals surface area (Å²) in [6.07, 6.45) is 0.699. The van der Waals surface area contributed by atoms with Gasteiger partial charge in [-0.25, -0.2) is 9.97 Å². The lowest BCUT2D eigenvalue weighted by Gasteiger charge is -2.28. The first kappa shape index (κ1) is 22.5. The van der Waals surface area contributed by atoms with Crippen LogP contribution in [0.25, 0.3) is 10.9 Å². The van der Waals surface area contributed by atoms with Gasteiger partial charge >= 0.3 is 6.18 Å². The molecule has 0 aliphatic carbocycles. The molecule has 1 saturated heterocycles. The summed E-state index contributed by atoms with van der Waals surface area (Å²) in [5.41, 5.74) is 0.617. The largest absolute Gasteiger partial charge is 0.431 e. The maximum absolute atomic E-state index is 13.9. The van der Waals surface area contributed by atoms with Crippen molar-refractivity contribution in [2.75, 3.05) is 6.54 Å². The SMILES string of the molecule is Cc1ccc2c(c1)c(=O)cc(C(F)(F)F)n2C[C@H]1CCCN1Cc1cnc(C(C)C)nc1. The maximum Gasteiger partial charge on any atom is 0.431 e. The molecule has 1 aliphatic heterocycles. The van der Waals surface area contributed by atoms with Gasteiger partial charge in [0, 0.05) is 54.5 Å². The van der Waals surface area contributed by atoms with Crippen molar-refractivity contribution in [2.24, 2.45) is 0 Å². The first-order valence-electron chi connectivity index (χ1n) is 10.9. The van der Waals surface area contributed by atoms with Gasteiger partial charge in [0.1, 0.15) is 11.5 Å². The number of rotatable bonds is 5. The third kappa shape index (κ3) is 4.55. The first-order chi connectivity index (χ1) is 15.1. The number of nitrogens with zero attached hydrogens (tertiary/aromatic N) is 4. The van der Waals surface area contributed by atoms with Crippen molar-refractivity contribution in [2.45, 2.75) is 64.8 Å². The van der Waals surface area contributed by atoms with Crippen molar-refractivity contribution in [1.29, 1.82) is 0 Å². The molecule has 170 valence electrons. The van der Waals surface area contributed by atoms with E-state index in [2.05, 4.69) is 14.9 Å². The van der Waals surface area contributed by atoms with Crippen LogP contribution in [0.15, 0.2) is 41.5 Å². The number of alkyl halides is 3. The van der Waals surface area contributed by atoms with Gasteiger partial charge in [0.25, 0.3) is 0 Å². The summed E-state index contributed by atoms with van der Waals surface area (Å²) in [4.78, 5) is 23.4. The predicted octanol–water partition coefficient (Wildman–Crippen LogP) is 4.91. The number of hydrogen-bond donors (Lipinski definition) is 0. The molecular formula is C24H27F3N4O. The maximum atomic E-state index is 13.9. The van der Waals surface area contributed by atoms with Crippen molar-refractivity contribution in [3.8, 4) is 0 Å². The van der Waals surface area contributed by atoms with Crippen molar-refractivity contribution in [3.63, 3.8) is 0 Å². The minimum atomic E-state index is -4.61. The highest BCUT2D eigenvalue weighted by molar-refractivity contribution is 5.80. The number of pyridine rings is 1. The lowest BCUT2D eigenvalue weighted by molar-refractivity contribution is -0.144. The number of aromatic nitrogens is 3. The van der Waals surface area contributed by atoms with E-state index in [9.17, 15) is 18.0 Å². The van der Waals surface area contributed by atoms with E-state index in [1.165, 1.54) is 4.57 Å². The van der Waals surface area contributed by atoms with Crippen LogP contribution in [0, 0.1) is 6.92 Å². The molecule has 8 heteroatoms. The Labute approximate surface area is 184 Å². The van der Waals surface area contributed by atoms with E-state index in [0.29, 0.717) is 17.4 Å². The van der Waals surface area contributed by atoms with Gasteiger partial charge in [-0.3, -0.25) is 9.69 Å². The van der Waals surface area contributed by atoms with E-state index in [4.69, 9.17) is 0 Å². The van der Waals surface area contributed by atoms with Gasteiger partial charge in [-0.05, 0) is 38.4 Å². The molecule has 0 amide bonds. The minimum Gasteiger partial charge on any atom is -0.335 e. The van der Waals surface area contributed by atoms with Gasteiger partial charge in [-0.1, -0.05) is 25.5 Å². The molecule has 3 aromatic rings. The van der Waals surface area contributed by atoms with Crippen molar-refractivity contribution in [1.82, 2.24) is 19.4 Å². The van der Waals surface area contributed by atoms with Crippen molar-refractivity contribution in [3.05, 3.63) is 69.5 Å². The number of likely N-dealkylation sites (tertiary alicyclic amines) is 1. The summed E-state index contributed by atoms with van der Waals surface area (Å²) < 4.78 is 42.9. The molecule has 1 aliphatic rings. The van der Waals surface area contributed by atoms with E-state index >= 15 is 0 Å². The summed E-state index contributed by atoms with van der Waals surface area (Å²) in [6.45, 7) is 7.43. The van der Waals surface area contributed by atoms with Crippen molar-refractivity contribution < 1.29 is 13.2 Å². The molecule has 1 fully saturated rings. The fraction of sp³-hybridized carbons (Fsp3) is 0.458. The Morgan fingerprint density at radius 1 is 1.16 bits per heavy atom. The van der Waals surface area contributed by atoms with Gasteiger partial charge < -0.3 is 4.57 Å². The lowest BCUT2D eigenvalue weighted by atomic mass is 10.1. The van der Waals surface area contributed by atoms with Gasteiger partial charge in [0.15, 0.2) is 5.43 Å². The Hall–Kier alpha value is -2.74. The predicted molar refractivity (Wildman–Crippen MR) is 118 cm³/mol. The average molecular weight is 445 g/mol. The second kappa shape index (κ2) is 8.65. The van der Waals surface area contributed by atoms with Crippen LogP contribution in [0.3, 0.4) is 0 Å². The van der Waals surface area contributed by atoms with Gasteiger partial charge in [-0.2, -0.15) is 13.2 Å². The molecule has 2 aromatic heterocycles. The first-order valence-corrected chi connectivity index (χ1v) is 10.9. The van der Waals surface area contributed by atoms with Crippen LogP contribution in [0.5, 0.6) is 0 Å². The smallest absolute Gasteiger partial charge is 0.335 e. The van der Waals surface area contributed by atoms with Crippen LogP contribution in [0.2, 0.25) is 0 Å². The van der Waals surface area contributed by atoms with Crippen LogP contribution < -0.4 is 5.43 Å². The number of benzene rings is 1. The zero-order valence-electron chi connectivity index (χ0n) is 18.5. The number of fused-ring (bicyclic) bond motifs is 1. The quantitative estimate of drug-likeness (QED) is 0.561. The van der Waals surface area contributed by atoms with Gasteiger partial charge in [0.05, 0.1) is 5.52 Å². The Morgan fingerprint density at radius 3 is 2.53 bits per heavy atom. The zero-order valence-corrected chi connectivity index (χ0v) is 18.5. The molecular weight excluding hydrogens is 417 g/mol. The molecule has 0 N–H and O–H groups in total. The van der Waals surface area contributed by atoms with Crippen LogP contribution in [-0.2, 0) is 19.3 Å². The van der Waals surface area contributed by atoms with E-state index < -0.39 is 17.3 Å². The lowest BCUT2D eigenvalue weighted by Crippen LogP contribution is -2.35. The third-order valence-corrected chi connectivity index (χ3v) is 6.08. The summed E-state index contributed by atoms with van der Waals surface area (Å²) in [5, 5.41) is 0.320. The number of aryl methyl sites for hydroxylation is 1. The van der Waals surface area contributed by atoms with Gasteiger partial charge in [0.2, 0.25) is 0 Å². The Kier molecular flexibility index (Phi) is 6.07. The highest BCUT2D eigenvalue weighted by Gasteiger charge is 2.36. The molecule has 0 radical (unpaired) electrons. The minimum absolute atomic E-state index is 0.0760. The zero-order chi connectivity index (χ0) is 23.0. The number of halogens is 3. The second-order valence-electron chi connectivity index (χ2n) is 8.89. The molecule has 0 saturated carbocycles. The molecule has 4 rings (SSSR count). The highest BCUT2D eigenvalue weighted by Crippen LogP contribution is 2.32. The van der Waals surface area contributed by atoms with Crippen LogP contribution in [-0.4, -0.2) is 32.0 Å². The average Bonchev–Trinajstić information content (AvgIpc) is 3.16. The van der Waals surface area contributed by atoms with E-state index in [0.717, 1.165) is 42.4 Å². The van der Waals surface area contributed by atoms with Crippen LogP contribution in [0.4, 0.5) is 13.2 Å². The highest BCUT2D eigenvalue weighted by atomic mass is 19.4. The Morgan fingerprint density at radius 2 is 1.88 bits per heavy atom. The number of hydrogen-bond acceptors (Lipinski definition) is 4. The molecule has 1 aromatic carbocycles. The Balaban J connectivity index is 1.67. The van der Waals surface area contributed by atoms with Crippen LogP contribution >= 0.6 is 0 Å². The normalized spacial score (nSPS) is 17.5. The van der Waals surface area contributed by atoms with Crippen LogP contribution in [0.1, 0.15) is 55.3 Å². The fourth-order valence-electron chi connectivity index (χ4n) is 4.42. The fourth-order valence-corrected chi connectivity index (χ4v) is 4.42. The molecule has 5 nitrogen and oxygen atoms in total. The summed E-state index contributed by atoms with van der Waals surface area (Å²) in [7, 11) is 0. The molecule has 0 unspecified atom stereocenters. The van der Waals surface area contributed by atoms with E-state index in [-0.39, 0.29) is 18.5 Å². The second-order valence-corrected chi connectivity index (χ2v) is 8.89. The topological polar surface area (TPSA) is 51.0 Å². The summed E-state index contributed by atoms with van der Waals surface area (Å²) in [6, 6.07) is 5.69. The molecule has 0 spiro atoms. The van der Waals surface area contributed by atoms with E-state index in [1.54, 1.807) is 30.6 Å².